The summed E-state index contributed by atoms with van der Waals surface area (Å²) < 4.78 is 59.7. The van der Waals surface area contributed by atoms with Gasteiger partial charge in [-0.2, -0.15) is 9.97 Å². The number of piperazine rings is 1. The van der Waals surface area contributed by atoms with E-state index in [0.29, 0.717) is 71.2 Å². The number of hydrogen-bond acceptors (Lipinski definition) is 15. The standard InChI is InChI=1S/C65H77F2N11O8/c1-7-47-50(66)12-8-42-27-46(85-38-83-6)29-48(55(42)47)57-56(67)58-49(30-68-57)59(76-34-44-9-10-45(35-76)77(44)63(82)86-64(2,3)4)71-61(70-58)84-37-65(20-21-65)36-74-24-18-40(19-25-74)26-39-16-22-73(23-17-39)31-41-32-75(33-41)43-11-13-51-53(28-43)72(5)62(81)78(51)52-14-15-54(79)69-60(52)80/h1,8,11-13,27-30,39-41,44-45,52H,9-10,14-26,31-38H2,2-6H3,(H,69,79,80). The van der Waals surface area contributed by atoms with E-state index in [0.717, 1.165) is 95.2 Å². The summed E-state index contributed by atoms with van der Waals surface area (Å²) in [7, 11) is 3.24. The van der Waals surface area contributed by atoms with Gasteiger partial charge >= 0.3 is 17.8 Å². The third-order valence-corrected chi connectivity index (χ3v) is 19.4. The zero-order chi connectivity index (χ0) is 59.8. The first-order chi connectivity index (χ1) is 41.4. The largest absolute Gasteiger partial charge is 0.468 e. The number of benzene rings is 3. The fraction of sp³-hybridized carbons (Fsp3) is 0.554. The number of fused-ring (bicyclic) bond motifs is 5. The first-order valence-electron chi connectivity index (χ1n) is 30.8. The fourth-order valence-electron chi connectivity index (χ4n) is 14.7. The highest BCUT2D eigenvalue weighted by atomic mass is 19.1. The Labute approximate surface area is 499 Å². The first kappa shape index (κ1) is 57.7. The zero-order valence-corrected chi connectivity index (χ0v) is 49.9. The van der Waals surface area contributed by atoms with Crippen LogP contribution < -0.4 is 30.3 Å². The van der Waals surface area contributed by atoms with Crippen molar-refractivity contribution in [3.05, 3.63) is 76.3 Å². The molecule has 3 atom stereocenters. The molecule has 3 aromatic heterocycles. The molecule has 7 fully saturated rings. The number of anilines is 2. The molecule has 2 bridgehead atoms. The molecule has 1 aliphatic carbocycles. The van der Waals surface area contributed by atoms with Gasteiger partial charge in [-0.25, -0.2) is 18.4 Å². The van der Waals surface area contributed by atoms with E-state index in [1.54, 1.807) is 36.0 Å². The Balaban J connectivity index is 0.637. The lowest BCUT2D eigenvalue weighted by Crippen LogP contribution is -2.57. The van der Waals surface area contributed by atoms with E-state index in [1.165, 1.54) is 49.8 Å². The molecule has 454 valence electrons. The van der Waals surface area contributed by atoms with Gasteiger partial charge in [-0.1, -0.05) is 12.0 Å². The quantitative estimate of drug-likeness (QED) is 0.0554. The van der Waals surface area contributed by atoms with Crippen molar-refractivity contribution in [2.45, 2.75) is 115 Å². The van der Waals surface area contributed by atoms with Crippen LogP contribution in [0.1, 0.15) is 103 Å². The predicted molar refractivity (Wildman–Crippen MR) is 322 cm³/mol. The van der Waals surface area contributed by atoms with Crippen LogP contribution >= 0.6 is 0 Å². The summed E-state index contributed by atoms with van der Waals surface area (Å²) >= 11 is 0. The predicted octanol–water partition coefficient (Wildman–Crippen LogP) is 8.42. The molecule has 21 heteroatoms. The molecule has 0 spiro atoms. The van der Waals surface area contributed by atoms with E-state index in [-0.39, 0.29) is 76.8 Å². The number of terminal acetylenes is 1. The molecule has 3 unspecified atom stereocenters. The lowest BCUT2D eigenvalue weighted by molar-refractivity contribution is -0.135. The highest BCUT2D eigenvalue weighted by Gasteiger charge is 2.47. The van der Waals surface area contributed by atoms with Crippen molar-refractivity contribution >= 4 is 62.1 Å². The van der Waals surface area contributed by atoms with E-state index < -0.39 is 29.2 Å². The molecule has 6 saturated heterocycles. The third kappa shape index (κ3) is 11.3. The van der Waals surface area contributed by atoms with Crippen LogP contribution in [-0.4, -0.2) is 160 Å². The van der Waals surface area contributed by atoms with Crippen LogP contribution in [0.3, 0.4) is 0 Å². The Morgan fingerprint density at radius 1 is 0.837 bits per heavy atom. The molecular weight excluding hydrogens is 1100 g/mol. The van der Waals surface area contributed by atoms with Crippen molar-refractivity contribution in [2.75, 3.05) is 95.8 Å². The molecule has 13 rings (SSSR count). The Morgan fingerprint density at radius 2 is 1.56 bits per heavy atom. The van der Waals surface area contributed by atoms with Gasteiger partial charge < -0.3 is 38.5 Å². The minimum absolute atomic E-state index is 0.000183. The van der Waals surface area contributed by atoms with Gasteiger partial charge in [-0.05, 0) is 165 Å². The lowest BCUT2D eigenvalue weighted by Gasteiger charge is -2.44. The lowest BCUT2D eigenvalue weighted by atomic mass is 9.82. The van der Waals surface area contributed by atoms with Gasteiger partial charge in [0.1, 0.15) is 40.2 Å². The molecule has 3 aromatic carbocycles. The molecule has 6 aromatic rings. The Bertz CT molecular complexity index is 3720. The van der Waals surface area contributed by atoms with Gasteiger partial charge in [0, 0.05) is 94.0 Å². The van der Waals surface area contributed by atoms with Crippen LogP contribution in [0.15, 0.2) is 53.5 Å². The van der Waals surface area contributed by atoms with Gasteiger partial charge in [0.15, 0.2) is 12.6 Å². The van der Waals surface area contributed by atoms with E-state index in [9.17, 15) is 19.2 Å². The summed E-state index contributed by atoms with van der Waals surface area (Å²) in [6.07, 6.45) is 17.3. The third-order valence-electron chi connectivity index (χ3n) is 19.4. The second-order valence-corrected chi connectivity index (χ2v) is 26.5. The number of carbonyl (C=O) groups is 3. The number of rotatable bonds is 16. The summed E-state index contributed by atoms with van der Waals surface area (Å²) in [5, 5.41) is 3.62. The Kier molecular flexibility index (Phi) is 15.4. The van der Waals surface area contributed by atoms with Crippen molar-refractivity contribution in [3.8, 4) is 35.4 Å². The molecule has 3 amide bonds. The van der Waals surface area contributed by atoms with Crippen LogP contribution in [-0.2, 0) is 26.1 Å². The summed E-state index contributed by atoms with van der Waals surface area (Å²) in [6, 6.07) is 11.3. The van der Waals surface area contributed by atoms with Crippen molar-refractivity contribution < 1.29 is 42.1 Å². The number of ether oxygens (including phenoxy) is 4. The zero-order valence-electron chi connectivity index (χ0n) is 49.9. The summed E-state index contributed by atoms with van der Waals surface area (Å²) in [4.78, 5) is 77.5. The van der Waals surface area contributed by atoms with E-state index in [1.807, 2.05) is 37.8 Å². The fourth-order valence-corrected chi connectivity index (χ4v) is 14.7. The van der Waals surface area contributed by atoms with Gasteiger partial charge in [-0.3, -0.25) is 33.9 Å². The number of nitrogens with one attached hydrogen (secondary N) is 1. The smallest absolute Gasteiger partial charge is 0.410 e. The molecule has 1 saturated carbocycles. The second kappa shape index (κ2) is 23.0. The molecule has 9 heterocycles. The minimum Gasteiger partial charge on any atom is -0.468 e. The number of imide groups is 1. The maximum atomic E-state index is 17.7. The van der Waals surface area contributed by atoms with Crippen molar-refractivity contribution in [1.82, 2.24) is 44.1 Å². The van der Waals surface area contributed by atoms with Crippen molar-refractivity contribution in [2.24, 2.45) is 30.2 Å². The van der Waals surface area contributed by atoms with E-state index >= 15 is 8.78 Å². The molecular formula is C65H77F2N11O8. The van der Waals surface area contributed by atoms with E-state index in [4.69, 9.17) is 40.3 Å². The number of piperidine rings is 3. The number of pyridine rings is 1. The molecule has 0 radical (unpaired) electrons. The monoisotopic (exact) mass is 1180 g/mol. The van der Waals surface area contributed by atoms with Crippen LogP contribution in [0.4, 0.5) is 25.1 Å². The average molecular weight is 1180 g/mol. The van der Waals surface area contributed by atoms with Crippen LogP contribution in [0.25, 0.3) is 44.0 Å². The molecule has 6 aliphatic heterocycles. The number of hydrogen-bond donors (Lipinski definition) is 1. The number of carbonyl (C=O) groups excluding carboxylic acids is 3. The number of aryl methyl sites for hydroxylation is 1. The number of amides is 3. The number of imidazole rings is 1. The minimum atomic E-state index is -0.744. The first-order valence-corrected chi connectivity index (χ1v) is 30.8. The van der Waals surface area contributed by atoms with Crippen LogP contribution in [0, 0.1) is 47.1 Å². The van der Waals surface area contributed by atoms with Crippen molar-refractivity contribution in [1.29, 1.82) is 0 Å². The second-order valence-electron chi connectivity index (χ2n) is 26.5. The highest BCUT2D eigenvalue weighted by molar-refractivity contribution is 6.03. The highest BCUT2D eigenvalue weighted by Crippen LogP contribution is 2.48. The molecule has 19 nitrogen and oxygen atoms in total. The van der Waals surface area contributed by atoms with Gasteiger partial charge in [-0.15, -0.1) is 6.42 Å². The maximum absolute atomic E-state index is 17.7. The van der Waals surface area contributed by atoms with Crippen LogP contribution in [0.2, 0.25) is 0 Å². The van der Waals surface area contributed by atoms with Gasteiger partial charge in [0.2, 0.25) is 11.8 Å². The number of methoxy groups -OCH3 is 1. The summed E-state index contributed by atoms with van der Waals surface area (Å²) in [5.41, 5.74) is 1.71. The molecule has 86 heavy (non-hydrogen) atoms. The van der Waals surface area contributed by atoms with Gasteiger partial charge in [0.25, 0.3) is 0 Å². The van der Waals surface area contributed by atoms with Gasteiger partial charge in [0.05, 0.1) is 40.7 Å². The average Bonchev–Trinajstić information content (AvgIpc) is 1.46. The number of halogens is 2. The molecule has 7 aliphatic rings. The normalized spacial score (nSPS) is 22.4. The Morgan fingerprint density at radius 3 is 2.23 bits per heavy atom. The number of aromatic nitrogens is 5. The summed E-state index contributed by atoms with van der Waals surface area (Å²) in [6.45, 7) is 15.1. The van der Waals surface area contributed by atoms with E-state index in [2.05, 4.69) is 36.9 Å². The Hall–Kier alpha value is -7.41. The maximum Gasteiger partial charge on any atom is 0.410 e. The summed E-state index contributed by atoms with van der Waals surface area (Å²) in [5.74, 6) is 3.24. The van der Waals surface area contributed by atoms with Crippen LogP contribution in [0.5, 0.6) is 11.8 Å². The topological polar surface area (TPSA) is 182 Å². The van der Waals surface area contributed by atoms with Crippen molar-refractivity contribution in [3.63, 3.8) is 0 Å². The SMILES string of the molecule is C#Cc1c(F)ccc2cc(OCOC)cc(-c3ncc4c(N5CC6CCC(C5)N6C(=O)OC(C)(C)C)nc(OCC5(CN6CCC(CC7CCN(CC8CN(c9ccc%10c(c9)n(C)c(=O)n%10C9CCC(=O)NC9=O)C8)CC7)CC6)CC5)nc4c3F)c12. The number of nitrogens with zero attached hydrogens (tertiary/aromatic N) is 10. The number of likely N-dealkylation sites (tertiary alicyclic amines) is 2. The molecule has 1 N–H and O–H groups in total.